The van der Waals surface area contributed by atoms with Crippen LogP contribution in [-0.2, 0) is 0 Å². The second-order valence-electron chi connectivity index (χ2n) is 5.02. The van der Waals surface area contributed by atoms with Gasteiger partial charge in [0.2, 0.25) is 0 Å². The zero-order chi connectivity index (χ0) is 14.8. The highest BCUT2D eigenvalue weighted by Gasteiger charge is 2.13. The Kier molecular flexibility index (Phi) is 3.80. The van der Waals surface area contributed by atoms with Crippen molar-refractivity contribution in [1.82, 2.24) is 10.3 Å². The molecular formula is C17H15BrN2O. The first-order valence-electron chi connectivity index (χ1n) is 6.77. The van der Waals surface area contributed by atoms with Gasteiger partial charge in [0, 0.05) is 15.4 Å². The molecule has 0 unspecified atom stereocenters. The molecule has 1 atom stereocenters. The van der Waals surface area contributed by atoms with E-state index in [9.17, 15) is 4.79 Å². The highest BCUT2D eigenvalue weighted by molar-refractivity contribution is 9.10. The van der Waals surface area contributed by atoms with Crippen LogP contribution in [0.1, 0.15) is 29.0 Å². The lowest BCUT2D eigenvalue weighted by Crippen LogP contribution is -2.26. The molecule has 2 aromatic carbocycles. The molecule has 0 saturated heterocycles. The van der Waals surface area contributed by atoms with Gasteiger partial charge in [0.25, 0.3) is 5.91 Å². The maximum atomic E-state index is 12.3. The molecule has 0 aliphatic carbocycles. The molecule has 4 heteroatoms. The lowest BCUT2D eigenvalue weighted by atomic mass is 10.1. The van der Waals surface area contributed by atoms with Gasteiger partial charge in [-0.3, -0.25) is 4.79 Å². The van der Waals surface area contributed by atoms with Gasteiger partial charge in [0.15, 0.2) is 0 Å². The van der Waals surface area contributed by atoms with Gasteiger partial charge >= 0.3 is 0 Å². The number of hydrogen-bond acceptors (Lipinski definition) is 1. The van der Waals surface area contributed by atoms with Gasteiger partial charge in [-0.05, 0) is 36.8 Å². The average molecular weight is 343 g/mol. The summed E-state index contributed by atoms with van der Waals surface area (Å²) in [6.45, 7) is 1.98. The summed E-state index contributed by atoms with van der Waals surface area (Å²) in [5, 5.41) is 4.05. The molecule has 1 amide bonds. The molecule has 1 aromatic heterocycles. The summed E-state index contributed by atoms with van der Waals surface area (Å²) in [5.41, 5.74) is 2.63. The molecule has 0 aliphatic heterocycles. The number of H-pyrrole nitrogens is 1. The van der Waals surface area contributed by atoms with Gasteiger partial charge < -0.3 is 10.3 Å². The highest BCUT2D eigenvalue weighted by atomic mass is 79.9. The van der Waals surface area contributed by atoms with E-state index < -0.39 is 0 Å². The highest BCUT2D eigenvalue weighted by Crippen LogP contribution is 2.18. The van der Waals surface area contributed by atoms with Crippen molar-refractivity contribution in [1.29, 1.82) is 0 Å². The topological polar surface area (TPSA) is 44.9 Å². The van der Waals surface area contributed by atoms with Crippen LogP contribution in [0, 0.1) is 0 Å². The van der Waals surface area contributed by atoms with Crippen LogP contribution in [-0.4, -0.2) is 10.9 Å². The van der Waals surface area contributed by atoms with Crippen molar-refractivity contribution in [2.24, 2.45) is 0 Å². The molecule has 21 heavy (non-hydrogen) atoms. The van der Waals surface area contributed by atoms with Crippen LogP contribution in [0.3, 0.4) is 0 Å². The molecule has 1 heterocycles. The van der Waals surface area contributed by atoms with Crippen LogP contribution < -0.4 is 5.32 Å². The second kappa shape index (κ2) is 5.74. The van der Waals surface area contributed by atoms with E-state index in [1.165, 1.54) is 0 Å². The largest absolute Gasteiger partial charge is 0.351 e. The van der Waals surface area contributed by atoms with Crippen LogP contribution in [0.25, 0.3) is 10.9 Å². The summed E-state index contributed by atoms with van der Waals surface area (Å²) >= 11 is 3.41. The number of benzene rings is 2. The van der Waals surface area contributed by atoms with Crippen molar-refractivity contribution in [3.05, 3.63) is 70.3 Å². The van der Waals surface area contributed by atoms with Gasteiger partial charge in [0.05, 0.1) is 6.04 Å². The van der Waals surface area contributed by atoms with E-state index in [0.717, 1.165) is 20.9 Å². The number of fused-ring (bicyclic) bond motifs is 1. The fraction of sp³-hybridized carbons (Fsp3) is 0.118. The number of amides is 1. The van der Waals surface area contributed by atoms with Crippen molar-refractivity contribution in [2.45, 2.75) is 13.0 Å². The first kappa shape index (κ1) is 13.9. The molecule has 0 fully saturated rings. The van der Waals surface area contributed by atoms with E-state index in [4.69, 9.17) is 0 Å². The van der Waals surface area contributed by atoms with Gasteiger partial charge in [-0.2, -0.15) is 0 Å². The lowest BCUT2D eigenvalue weighted by Gasteiger charge is -2.13. The van der Waals surface area contributed by atoms with E-state index in [0.29, 0.717) is 5.69 Å². The average Bonchev–Trinajstić information content (AvgIpc) is 2.92. The number of aromatic amines is 1. The summed E-state index contributed by atoms with van der Waals surface area (Å²) in [6.07, 6.45) is 0. The summed E-state index contributed by atoms with van der Waals surface area (Å²) in [7, 11) is 0. The third kappa shape index (κ3) is 3.00. The Bertz CT molecular complexity index is 744. The molecular weight excluding hydrogens is 328 g/mol. The Morgan fingerprint density at radius 2 is 1.86 bits per heavy atom. The van der Waals surface area contributed by atoms with Crippen LogP contribution in [0.15, 0.2) is 59.1 Å². The number of hydrogen-bond donors (Lipinski definition) is 2. The van der Waals surface area contributed by atoms with E-state index in [1.807, 2.05) is 61.5 Å². The molecule has 3 aromatic rings. The minimum Gasteiger partial charge on any atom is -0.351 e. The Morgan fingerprint density at radius 3 is 2.57 bits per heavy atom. The van der Waals surface area contributed by atoms with Crippen LogP contribution in [0.5, 0.6) is 0 Å². The van der Waals surface area contributed by atoms with E-state index in [1.54, 1.807) is 0 Å². The van der Waals surface area contributed by atoms with Crippen molar-refractivity contribution in [3.8, 4) is 0 Å². The zero-order valence-electron chi connectivity index (χ0n) is 11.6. The van der Waals surface area contributed by atoms with Crippen molar-refractivity contribution in [3.63, 3.8) is 0 Å². The Balaban J connectivity index is 1.77. The summed E-state index contributed by atoms with van der Waals surface area (Å²) in [5.74, 6) is -0.0957. The number of carbonyl (C=O) groups is 1. The van der Waals surface area contributed by atoms with Gasteiger partial charge in [0.1, 0.15) is 5.69 Å². The van der Waals surface area contributed by atoms with Gasteiger partial charge in [-0.15, -0.1) is 0 Å². The number of nitrogens with one attached hydrogen (secondary N) is 2. The van der Waals surface area contributed by atoms with Gasteiger partial charge in [-0.25, -0.2) is 0 Å². The number of carbonyl (C=O) groups excluding carboxylic acids is 1. The first-order chi connectivity index (χ1) is 10.1. The van der Waals surface area contributed by atoms with Crippen LogP contribution in [0.2, 0.25) is 0 Å². The minimum atomic E-state index is -0.0957. The molecule has 0 radical (unpaired) electrons. The lowest BCUT2D eigenvalue weighted by molar-refractivity contribution is 0.0935. The fourth-order valence-corrected chi connectivity index (χ4v) is 2.57. The standard InChI is InChI=1S/C17H15BrN2O/c1-11(12-6-8-14(18)9-7-12)19-17(21)16-10-13-4-2-3-5-15(13)20-16/h2-11,20H,1H3,(H,19,21)/t11-/m0/s1. The predicted octanol–water partition coefficient (Wildman–Crippen LogP) is 4.42. The van der Waals surface area contributed by atoms with Gasteiger partial charge in [-0.1, -0.05) is 46.3 Å². The predicted molar refractivity (Wildman–Crippen MR) is 88.3 cm³/mol. The zero-order valence-corrected chi connectivity index (χ0v) is 13.1. The van der Waals surface area contributed by atoms with Crippen molar-refractivity contribution >= 4 is 32.7 Å². The Morgan fingerprint density at radius 1 is 1.14 bits per heavy atom. The SMILES string of the molecule is C[C@H](NC(=O)c1cc2ccccc2[nH]1)c1ccc(Br)cc1. The van der Waals surface area contributed by atoms with E-state index in [2.05, 4.69) is 26.2 Å². The van der Waals surface area contributed by atoms with Crippen molar-refractivity contribution in [2.75, 3.05) is 0 Å². The van der Waals surface area contributed by atoms with Crippen molar-refractivity contribution < 1.29 is 4.79 Å². The number of rotatable bonds is 3. The maximum absolute atomic E-state index is 12.3. The minimum absolute atomic E-state index is 0.0444. The fourth-order valence-electron chi connectivity index (χ4n) is 2.30. The van der Waals surface area contributed by atoms with E-state index in [-0.39, 0.29) is 11.9 Å². The number of para-hydroxylation sites is 1. The molecule has 2 N–H and O–H groups in total. The Hall–Kier alpha value is -2.07. The monoisotopic (exact) mass is 342 g/mol. The molecule has 3 nitrogen and oxygen atoms in total. The summed E-state index contributed by atoms with van der Waals surface area (Å²) in [4.78, 5) is 15.5. The van der Waals surface area contributed by atoms with Crippen LogP contribution in [0.4, 0.5) is 0 Å². The molecule has 106 valence electrons. The number of halogens is 1. The molecule has 0 saturated carbocycles. The summed E-state index contributed by atoms with van der Waals surface area (Å²) in [6, 6.07) is 17.6. The molecule has 0 bridgehead atoms. The normalized spacial score (nSPS) is 12.3. The first-order valence-corrected chi connectivity index (χ1v) is 7.57. The molecule has 0 spiro atoms. The quantitative estimate of drug-likeness (QED) is 0.726. The number of aromatic nitrogens is 1. The van der Waals surface area contributed by atoms with E-state index >= 15 is 0 Å². The summed E-state index contributed by atoms with van der Waals surface area (Å²) < 4.78 is 1.03. The second-order valence-corrected chi connectivity index (χ2v) is 5.93. The maximum Gasteiger partial charge on any atom is 0.268 e. The molecule has 3 rings (SSSR count). The Labute approximate surface area is 131 Å². The third-order valence-electron chi connectivity index (χ3n) is 3.49. The molecule has 0 aliphatic rings. The smallest absolute Gasteiger partial charge is 0.268 e. The third-order valence-corrected chi connectivity index (χ3v) is 4.02. The van der Waals surface area contributed by atoms with Crippen LogP contribution >= 0.6 is 15.9 Å².